The molecule has 0 bridgehead atoms. The smallest absolute Gasteiger partial charge is 0.463 e. The summed E-state index contributed by atoms with van der Waals surface area (Å²) in [6, 6.07) is 0. The molecular formula is C10H16O5. The highest BCUT2D eigenvalue weighted by Gasteiger charge is 1.97. The molecule has 0 fully saturated rings. The van der Waals surface area contributed by atoms with E-state index >= 15 is 0 Å². The molecule has 0 aliphatic rings. The van der Waals surface area contributed by atoms with E-state index in [1.807, 2.05) is 0 Å². The summed E-state index contributed by atoms with van der Waals surface area (Å²) in [6.07, 6.45) is 3.09. The molecular weight excluding hydrogens is 200 g/mol. The summed E-state index contributed by atoms with van der Waals surface area (Å²) in [5.41, 5.74) is 0. The molecule has 5 nitrogen and oxygen atoms in total. The fraction of sp³-hybridized carbons (Fsp3) is 0.600. The third-order valence-corrected chi connectivity index (χ3v) is 1.68. The fourth-order valence-electron chi connectivity index (χ4n) is 0.949. The van der Waals surface area contributed by atoms with Gasteiger partial charge in [-0.3, -0.25) is 0 Å². The molecule has 1 N–H and O–H groups in total. The Morgan fingerprint density at radius 3 is 2.07 bits per heavy atom. The highest BCUT2D eigenvalue weighted by Crippen LogP contribution is 2.00. The van der Waals surface area contributed by atoms with Crippen molar-refractivity contribution in [3.8, 4) is 0 Å². The molecule has 5 heteroatoms. The second-order valence-corrected chi connectivity index (χ2v) is 2.90. The SMILES string of the molecule is C=CC(=O)OCCCCCCOC(=O)O. The van der Waals surface area contributed by atoms with E-state index in [9.17, 15) is 9.59 Å². The maximum atomic E-state index is 10.6. The van der Waals surface area contributed by atoms with Crippen molar-refractivity contribution in [2.24, 2.45) is 0 Å². The molecule has 0 radical (unpaired) electrons. The minimum atomic E-state index is -1.24. The van der Waals surface area contributed by atoms with Gasteiger partial charge in [0, 0.05) is 6.08 Å². The first-order valence-electron chi connectivity index (χ1n) is 4.81. The van der Waals surface area contributed by atoms with Crippen LogP contribution in [-0.2, 0) is 14.3 Å². The molecule has 0 atom stereocenters. The molecule has 0 aliphatic heterocycles. The van der Waals surface area contributed by atoms with Crippen molar-refractivity contribution in [1.29, 1.82) is 0 Å². The molecule has 86 valence electrons. The first kappa shape index (κ1) is 13.5. The number of hydrogen-bond donors (Lipinski definition) is 1. The van der Waals surface area contributed by atoms with Crippen LogP contribution in [0.3, 0.4) is 0 Å². The largest absolute Gasteiger partial charge is 0.505 e. The minimum absolute atomic E-state index is 0.224. The van der Waals surface area contributed by atoms with Crippen LogP contribution in [0.5, 0.6) is 0 Å². The average Bonchev–Trinajstić information content (AvgIpc) is 2.21. The van der Waals surface area contributed by atoms with Gasteiger partial charge in [-0.15, -0.1) is 0 Å². The van der Waals surface area contributed by atoms with Gasteiger partial charge in [0.2, 0.25) is 0 Å². The first-order valence-corrected chi connectivity index (χ1v) is 4.81. The number of rotatable bonds is 8. The first-order chi connectivity index (χ1) is 7.16. The topological polar surface area (TPSA) is 72.8 Å². The van der Waals surface area contributed by atoms with E-state index in [-0.39, 0.29) is 6.61 Å². The van der Waals surface area contributed by atoms with Crippen LogP contribution in [0.15, 0.2) is 12.7 Å². The lowest BCUT2D eigenvalue weighted by Gasteiger charge is -2.02. The van der Waals surface area contributed by atoms with Crippen LogP contribution in [0, 0.1) is 0 Å². The van der Waals surface area contributed by atoms with Gasteiger partial charge in [-0.1, -0.05) is 6.58 Å². The predicted octanol–water partition coefficient (Wildman–Crippen LogP) is 1.97. The van der Waals surface area contributed by atoms with Crippen LogP contribution >= 0.6 is 0 Å². The van der Waals surface area contributed by atoms with Gasteiger partial charge < -0.3 is 14.6 Å². The van der Waals surface area contributed by atoms with Gasteiger partial charge >= 0.3 is 12.1 Å². The summed E-state index contributed by atoms with van der Waals surface area (Å²) < 4.78 is 9.08. The van der Waals surface area contributed by atoms with Crippen LogP contribution in [0.25, 0.3) is 0 Å². The van der Waals surface area contributed by atoms with E-state index in [2.05, 4.69) is 11.3 Å². The summed E-state index contributed by atoms with van der Waals surface area (Å²) in [4.78, 5) is 20.5. The van der Waals surface area contributed by atoms with Crippen LogP contribution < -0.4 is 0 Å². The Morgan fingerprint density at radius 1 is 1.07 bits per heavy atom. The summed E-state index contributed by atoms with van der Waals surface area (Å²) in [6.45, 7) is 3.87. The van der Waals surface area contributed by atoms with Gasteiger partial charge in [-0.05, 0) is 25.7 Å². The normalized spacial score (nSPS) is 9.33. The highest BCUT2D eigenvalue weighted by atomic mass is 16.7. The number of hydrogen-bond acceptors (Lipinski definition) is 4. The van der Waals surface area contributed by atoms with E-state index in [0.29, 0.717) is 13.0 Å². The molecule has 0 saturated heterocycles. The predicted molar refractivity (Wildman–Crippen MR) is 53.6 cm³/mol. The van der Waals surface area contributed by atoms with Crippen molar-refractivity contribution >= 4 is 12.1 Å². The molecule has 0 heterocycles. The maximum absolute atomic E-state index is 10.6. The van der Waals surface area contributed by atoms with Crippen molar-refractivity contribution in [2.75, 3.05) is 13.2 Å². The third kappa shape index (κ3) is 10.4. The van der Waals surface area contributed by atoms with Gasteiger partial charge in [0.05, 0.1) is 13.2 Å². The number of esters is 1. The number of unbranched alkanes of at least 4 members (excludes halogenated alkanes) is 3. The Morgan fingerprint density at radius 2 is 1.60 bits per heavy atom. The lowest BCUT2D eigenvalue weighted by atomic mass is 10.2. The molecule has 0 amide bonds. The highest BCUT2D eigenvalue weighted by molar-refractivity contribution is 5.81. The molecule has 0 aromatic heterocycles. The second-order valence-electron chi connectivity index (χ2n) is 2.90. The van der Waals surface area contributed by atoms with Gasteiger partial charge in [0.25, 0.3) is 0 Å². The number of carbonyl (C=O) groups excluding carboxylic acids is 1. The van der Waals surface area contributed by atoms with E-state index in [0.717, 1.165) is 25.3 Å². The molecule has 0 rings (SSSR count). The van der Waals surface area contributed by atoms with Crippen LogP contribution in [0.2, 0.25) is 0 Å². The Bertz CT molecular complexity index is 212. The second kappa shape index (κ2) is 9.05. The van der Waals surface area contributed by atoms with E-state index in [1.165, 1.54) is 0 Å². The zero-order valence-corrected chi connectivity index (χ0v) is 8.61. The number of carboxylic acid groups (broad SMARTS) is 1. The Kier molecular flexibility index (Phi) is 8.13. The monoisotopic (exact) mass is 216 g/mol. The Labute approximate surface area is 88.7 Å². The molecule has 15 heavy (non-hydrogen) atoms. The Balaban J connectivity index is 3.08. The van der Waals surface area contributed by atoms with Gasteiger partial charge in [-0.25, -0.2) is 9.59 Å². The molecule has 0 aromatic rings. The number of ether oxygens (including phenoxy) is 2. The zero-order valence-electron chi connectivity index (χ0n) is 8.61. The summed E-state index contributed by atoms with van der Waals surface area (Å²) in [5.74, 6) is -0.413. The minimum Gasteiger partial charge on any atom is -0.463 e. The molecule has 0 aliphatic carbocycles. The standard InChI is InChI=1S/C10H16O5/c1-2-9(11)14-7-5-3-4-6-8-15-10(12)13/h2H,1,3-8H2,(H,12,13). The van der Waals surface area contributed by atoms with Crippen LogP contribution in [0.1, 0.15) is 25.7 Å². The zero-order chi connectivity index (χ0) is 11.5. The quantitative estimate of drug-likeness (QED) is 0.381. The molecule has 0 unspecified atom stereocenters. The van der Waals surface area contributed by atoms with Gasteiger partial charge in [-0.2, -0.15) is 0 Å². The van der Waals surface area contributed by atoms with E-state index in [4.69, 9.17) is 9.84 Å². The summed E-state index contributed by atoms with van der Waals surface area (Å²) in [7, 11) is 0. The van der Waals surface area contributed by atoms with Crippen molar-refractivity contribution in [2.45, 2.75) is 25.7 Å². The van der Waals surface area contributed by atoms with Crippen molar-refractivity contribution in [3.05, 3.63) is 12.7 Å². The lowest BCUT2D eigenvalue weighted by molar-refractivity contribution is -0.137. The van der Waals surface area contributed by atoms with Crippen LogP contribution in [0.4, 0.5) is 4.79 Å². The lowest BCUT2D eigenvalue weighted by Crippen LogP contribution is -2.03. The summed E-state index contributed by atoms with van der Waals surface area (Å²) in [5, 5.41) is 8.15. The van der Waals surface area contributed by atoms with Crippen LogP contribution in [-0.4, -0.2) is 30.4 Å². The molecule has 0 aromatic carbocycles. The van der Waals surface area contributed by atoms with E-state index in [1.54, 1.807) is 0 Å². The van der Waals surface area contributed by atoms with Gasteiger partial charge in [0.15, 0.2) is 0 Å². The fourth-order valence-corrected chi connectivity index (χ4v) is 0.949. The van der Waals surface area contributed by atoms with E-state index < -0.39 is 12.1 Å². The molecule has 0 spiro atoms. The number of carbonyl (C=O) groups is 2. The molecule has 0 saturated carbocycles. The third-order valence-electron chi connectivity index (χ3n) is 1.68. The van der Waals surface area contributed by atoms with Crippen molar-refractivity contribution < 1.29 is 24.2 Å². The average molecular weight is 216 g/mol. The van der Waals surface area contributed by atoms with Crippen molar-refractivity contribution in [3.63, 3.8) is 0 Å². The van der Waals surface area contributed by atoms with Crippen molar-refractivity contribution in [1.82, 2.24) is 0 Å². The maximum Gasteiger partial charge on any atom is 0.505 e. The summed E-state index contributed by atoms with van der Waals surface area (Å²) >= 11 is 0. The van der Waals surface area contributed by atoms with Gasteiger partial charge in [0.1, 0.15) is 0 Å². The Hall–Kier alpha value is -1.52.